The van der Waals surface area contributed by atoms with Gasteiger partial charge in [-0.3, -0.25) is 9.59 Å². The first kappa shape index (κ1) is 10.0. The molecular formula is C8H9N3O3S. The van der Waals surface area contributed by atoms with E-state index in [4.69, 9.17) is 0 Å². The van der Waals surface area contributed by atoms with Gasteiger partial charge in [0.1, 0.15) is 5.00 Å². The highest BCUT2D eigenvalue weighted by Gasteiger charge is 2.36. The van der Waals surface area contributed by atoms with Crippen LogP contribution in [0.4, 0.5) is 5.00 Å². The zero-order valence-electron chi connectivity index (χ0n) is 8.04. The van der Waals surface area contributed by atoms with Crippen molar-refractivity contribution in [1.82, 2.24) is 9.59 Å². The van der Waals surface area contributed by atoms with Crippen LogP contribution in [-0.2, 0) is 14.3 Å². The monoisotopic (exact) mass is 227 g/mol. The molecule has 2 heterocycles. The lowest BCUT2D eigenvalue weighted by Crippen LogP contribution is -2.25. The second-order valence-electron chi connectivity index (χ2n) is 3.18. The molecule has 1 unspecified atom stereocenters. The maximum Gasteiger partial charge on any atom is 0.311 e. The Morgan fingerprint density at radius 3 is 3.13 bits per heavy atom. The predicted octanol–water partition coefficient (Wildman–Crippen LogP) is 0.0640. The lowest BCUT2D eigenvalue weighted by atomic mass is 10.1. The van der Waals surface area contributed by atoms with Crippen molar-refractivity contribution in [2.75, 3.05) is 18.6 Å². The summed E-state index contributed by atoms with van der Waals surface area (Å²) in [5, 5.41) is 4.32. The molecule has 1 aliphatic heterocycles. The average molecular weight is 227 g/mol. The van der Waals surface area contributed by atoms with Gasteiger partial charge < -0.3 is 9.64 Å². The van der Waals surface area contributed by atoms with Crippen molar-refractivity contribution in [2.45, 2.75) is 6.42 Å². The molecule has 1 fully saturated rings. The summed E-state index contributed by atoms with van der Waals surface area (Å²) in [7, 11) is 1.32. The summed E-state index contributed by atoms with van der Waals surface area (Å²) in [5.74, 6) is -0.802. The topological polar surface area (TPSA) is 72.4 Å². The van der Waals surface area contributed by atoms with Crippen LogP contribution in [0.5, 0.6) is 0 Å². The largest absolute Gasteiger partial charge is 0.469 e. The molecule has 1 amide bonds. The number of carbonyl (C=O) groups excluding carboxylic acids is 2. The fraction of sp³-hybridized carbons (Fsp3) is 0.500. The van der Waals surface area contributed by atoms with Crippen molar-refractivity contribution >= 4 is 28.4 Å². The number of aromatic nitrogens is 2. The number of rotatable bonds is 2. The van der Waals surface area contributed by atoms with Crippen LogP contribution in [0.3, 0.4) is 0 Å². The molecule has 2 rings (SSSR count). The Morgan fingerprint density at radius 2 is 2.53 bits per heavy atom. The highest BCUT2D eigenvalue weighted by atomic mass is 32.1. The minimum atomic E-state index is -0.371. The van der Waals surface area contributed by atoms with E-state index >= 15 is 0 Å². The van der Waals surface area contributed by atoms with Gasteiger partial charge in [-0.25, -0.2) is 0 Å². The standard InChI is InChI=1S/C8H9N3O3S/c1-14-8(13)5-2-6(12)11(4-5)7-3-9-10-15-7/h3,5H,2,4H2,1H3. The molecule has 15 heavy (non-hydrogen) atoms. The summed E-state index contributed by atoms with van der Waals surface area (Å²) in [4.78, 5) is 24.3. The van der Waals surface area contributed by atoms with E-state index in [0.29, 0.717) is 11.5 Å². The van der Waals surface area contributed by atoms with Crippen LogP contribution in [0.2, 0.25) is 0 Å². The third-order valence-corrected chi connectivity index (χ3v) is 2.96. The molecule has 0 radical (unpaired) electrons. The quantitative estimate of drug-likeness (QED) is 0.668. The molecule has 80 valence electrons. The van der Waals surface area contributed by atoms with E-state index in [-0.39, 0.29) is 24.2 Å². The number of carbonyl (C=O) groups is 2. The van der Waals surface area contributed by atoms with E-state index in [2.05, 4.69) is 14.3 Å². The number of hydrogen-bond acceptors (Lipinski definition) is 6. The summed E-state index contributed by atoms with van der Waals surface area (Å²) >= 11 is 1.14. The lowest BCUT2D eigenvalue weighted by molar-refractivity contribution is -0.145. The molecular weight excluding hydrogens is 218 g/mol. The first-order valence-electron chi connectivity index (χ1n) is 4.38. The Labute approximate surface area is 90.0 Å². The van der Waals surface area contributed by atoms with Crippen molar-refractivity contribution < 1.29 is 14.3 Å². The van der Waals surface area contributed by atoms with Gasteiger partial charge in [-0.15, -0.1) is 5.10 Å². The lowest BCUT2D eigenvalue weighted by Gasteiger charge is -2.11. The van der Waals surface area contributed by atoms with Crippen LogP contribution in [0.25, 0.3) is 0 Å². The Balaban J connectivity index is 2.11. The van der Waals surface area contributed by atoms with Crippen LogP contribution >= 0.6 is 11.5 Å². The molecule has 0 aromatic carbocycles. The van der Waals surface area contributed by atoms with Crippen molar-refractivity contribution in [3.63, 3.8) is 0 Å². The number of nitrogens with zero attached hydrogens (tertiary/aromatic N) is 3. The van der Waals surface area contributed by atoms with E-state index < -0.39 is 0 Å². The second kappa shape index (κ2) is 3.93. The molecule has 0 saturated carbocycles. The summed E-state index contributed by atoms with van der Waals surface area (Å²) in [6.07, 6.45) is 1.72. The van der Waals surface area contributed by atoms with E-state index in [0.717, 1.165) is 11.5 Å². The van der Waals surface area contributed by atoms with Crippen LogP contribution in [0.1, 0.15) is 6.42 Å². The van der Waals surface area contributed by atoms with Gasteiger partial charge in [0.15, 0.2) is 0 Å². The number of esters is 1. The van der Waals surface area contributed by atoms with Crippen molar-refractivity contribution in [3.8, 4) is 0 Å². The Morgan fingerprint density at radius 1 is 1.73 bits per heavy atom. The predicted molar refractivity (Wildman–Crippen MR) is 52.4 cm³/mol. The van der Waals surface area contributed by atoms with Gasteiger partial charge in [0.05, 0.1) is 19.2 Å². The zero-order chi connectivity index (χ0) is 10.8. The Bertz CT molecular complexity index is 378. The first-order valence-corrected chi connectivity index (χ1v) is 5.15. The molecule has 1 saturated heterocycles. The van der Waals surface area contributed by atoms with E-state index in [1.165, 1.54) is 18.2 Å². The number of anilines is 1. The van der Waals surface area contributed by atoms with Crippen molar-refractivity contribution in [1.29, 1.82) is 0 Å². The average Bonchev–Trinajstić information content (AvgIpc) is 2.84. The van der Waals surface area contributed by atoms with Gasteiger partial charge in [-0.1, -0.05) is 4.49 Å². The number of ether oxygens (including phenoxy) is 1. The molecule has 1 aromatic heterocycles. The normalized spacial score (nSPS) is 20.7. The summed E-state index contributed by atoms with van der Waals surface area (Å²) in [6.45, 7) is 0.357. The maximum atomic E-state index is 11.6. The van der Waals surface area contributed by atoms with Crippen LogP contribution in [-0.4, -0.2) is 35.1 Å². The first-order chi connectivity index (χ1) is 7.22. The fourth-order valence-electron chi connectivity index (χ4n) is 1.53. The van der Waals surface area contributed by atoms with E-state index in [9.17, 15) is 9.59 Å². The van der Waals surface area contributed by atoms with Crippen molar-refractivity contribution in [3.05, 3.63) is 6.20 Å². The minimum Gasteiger partial charge on any atom is -0.469 e. The van der Waals surface area contributed by atoms with Gasteiger partial charge in [0.25, 0.3) is 0 Å². The third-order valence-electron chi connectivity index (χ3n) is 2.28. The van der Waals surface area contributed by atoms with Crippen LogP contribution in [0.15, 0.2) is 6.20 Å². The highest BCUT2D eigenvalue weighted by Crippen LogP contribution is 2.27. The van der Waals surface area contributed by atoms with Gasteiger partial charge in [0.2, 0.25) is 5.91 Å². The second-order valence-corrected chi connectivity index (χ2v) is 3.95. The van der Waals surface area contributed by atoms with Gasteiger partial charge in [-0.05, 0) is 0 Å². The van der Waals surface area contributed by atoms with Crippen LogP contribution in [0, 0.1) is 5.92 Å². The van der Waals surface area contributed by atoms with E-state index in [1.807, 2.05) is 0 Å². The molecule has 6 nitrogen and oxygen atoms in total. The SMILES string of the molecule is COC(=O)C1CC(=O)N(c2cnns2)C1. The summed E-state index contributed by atoms with van der Waals surface area (Å²) < 4.78 is 8.28. The molecule has 1 aromatic rings. The molecule has 0 bridgehead atoms. The number of amides is 1. The van der Waals surface area contributed by atoms with Crippen LogP contribution < -0.4 is 4.90 Å². The molecule has 7 heteroatoms. The smallest absolute Gasteiger partial charge is 0.311 e. The fourth-order valence-corrected chi connectivity index (χ4v) is 2.07. The summed E-state index contributed by atoms with van der Waals surface area (Å²) in [5.41, 5.74) is 0. The van der Waals surface area contributed by atoms with Gasteiger partial charge in [-0.2, -0.15) is 0 Å². The summed E-state index contributed by atoms with van der Waals surface area (Å²) in [6, 6.07) is 0. The minimum absolute atomic E-state index is 0.0866. The maximum absolute atomic E-state index is 11.6. The zero-order valence-corrected chi connectivity index (χ0v) is 8.86. The number of methoxy groups -OCH3 is 1. The Hall–Kier alpha value is -1.50. The van der Waals surface area contributed by atoms with Crippen molar-refractivity contribution in [2.24, 2.45) is 5.92 Å². The molecule has 0 N–H and O–H groups in total. The third kappa shape index (κ3) is 1.82. The molecule has 1 atom stereocenters. The van der Waals surface area contributed by atoms with E-state index in [1.54, 1.807) is 0 Å². The van der Waals surface area contributed by atoms with Gasteiger partial charge >= 0.3 is 5.97 Å². The molecule has 0 aliphatic carbocycles. The highest BCUT2D eigenvalue weighted by molar-refractivity contribution is 7.10. The molecule has 1 aliphatic rings. The molecule has 0 spiro atoms. The Kier molecular flexibility index (Phi) is 2.63. The number of hydrogen-bond donors (Lipinski definition) is 0. The van der Waals surface area contributed by atoms with Gasteiger partial charge in [0, 0.05) is 24.5 Å².